The first-order valence-corrected chi connectivity index (χ1v) is 6.09. The molecular weight excluding hydrogens is 236 g/mol. The Morgan fingerprint density at radius 2 is 2.18 bits per heavy atom. The van der Waals surface area contributed by atoms with Crippen LogP contribution in [0.4, 0.5) is 0 Å². The van der Waals surface area contributed by atoms with Crippen molar-refractivity contribution in [2.24, 2.45) is 5.73 Å². The highest BCUT2D eigenvalue weighted by Gasteiger charge is 2.21. The minimum Gasteiger partial charge on any atom is -0.310 e. The van der Waals surface area contributed by atoms with Crippen LogP contribution in [0.25, 0.3) is 11.4 Å². The molecule has 1 aromatic carbocycles. The Hall–Kier alpha value is -1.39. The van der Waals surface area contributed by atoms with Crippen LogP contribution in [-0.2, 0) is 6.42 Å². The first-order chi connectivity index (χ1) is 8.25. The molecule has 0 amide bonds. The van der Waals surface area contributed by atoms with Crippen molar-refractivity contribution >= 4 is 11.6 Å². The Morgan fingerprint density at radius 3 is 2.94 bits per heavy atom. The van der Waals surface area contributed by atoms with Crippen LogP contribution in [0.2, 0.25) is 5.02 Å². The van der Waals surface area contributed by atoms with E-state index in [0.29, 0.717) is 10.8 Å². The highest BCUT2D eigenvalue weighted by atomic mass is 35.5. The molecule has 5 heteroatoms. The summed E-state index contributed by atoms with van der Waals surface area (Å²) in [5, 5.41) is 5.13. The molecular formula is C12H13ClN4. The lowest BCUT2D eigenvalue weighted by atomic mass is 10.1. The van der Waals surface area contributed by atoms with Gasteiger partial charge in [-0.25, -0.2) is 9.67 Å². The molecule has 17 heavy (non-hydrogen) atoms. The van der Waals surface area contributed by atoms with E-state index in [1.54, 1.807) is 0 Å². The third-order valence-corrected chi connectivity index (χ3v) is 3.36. The lowest BCUT2D eigenvalue weighted by molar-refractivity contribution is 0.373. The van der Waals surface area contributed by atoms with Crippen molar-refractivity contribution in [3.63, 3.8) is 0 Å². The van der Waals surface area contributed by atoms with Gasteiger partial charge in [0.15, 0.2) is 5.82 Å². The summed E-state index contributed by atoms with van der Waals surface area (Å²) in [5.41, 5.74) is 6.87. The molecule has 1 atom stereocenters. The summed E-state index contributed by atoms with van der Waals surface area (Å²) in [6, 6.07) is 7.60. The molecule has 1 aromatic heterocycles. The number of rotatable bonds is 1. The van der Waals surface area contributed by atoms with Gasteiger partial charge in [-0.15, -0.1) is 5.10 Å². The maximum atomic E-state index is 6.14. The van der Waals surface area contributed by atoms with E-state index in [1.165, 1.54) is 0 Å². The number of aryl methyl sites for hydroxylation is 1. The van der Waals surface area contributed by atoms with Crippen LogP contribution in [0, 0.1) is 0 Å². The number of nitrogens with two attached hydrogens (primary N) is 1. The van der Waals surface area contributed by atoms with Crippen molar-refractivity contribution in [2.75, 3.05) is 0 Å². The van der Waals surface area contributed by atoms with E-state index in [4.69, 9.17) is 17.3 Å². The standard InChI is InChI=1S/C12H13ClN4/c13-9-5-2-1-4-8(9)12-15-11-7-3-6-10(14)17(11)16-12/h1-2,4-5,10H,3,6-7,14H2. The van der Waals surface area contributed by atoms with Crippen molar-refractivity contribution < 1.29 is 0 Å². The summed E-state index contributed by atoms with van der Waals surface area (Å²) in [7, 11) is 0. The molecule has 88 valence electrons. The summed E-state index contributed by atoms with van der Waals surface area (Å²) in [6.07, 6.45) is 2.91. The van der Waals surface area contributed by atoms with Gasteiger partial charge in [0, 0.05) is 12.0 Å². The molecule has 2 N–H and O–H groups in total. The summed E-state index contributed by atoms with van der Waals surface area (Å²) >= 11 is 6.14. The van der Waals surface area contributed by atoms with Gasteiger partial charge in [-0.1, -0.05) is 23.7 Å². The van der Waals surface area contributed by atoms with E-state index in [-0.39, 0.29) is 6.17 Å². The molecule has 0 radical (unpaired) electrons. The average Bonchev–Trinajstić information content (AvgIpc) is 2.75. The van der Waals surface area contributed by atoms with Crippen molar-refractivity contribution in [1.29, 1.82) is 0 Å². The van der Waals surface area contributed by atoms with Gasteiger partial charge in [-0.05, 0) is 25.0 Å². The molecule has 1 unspecified atom stereocenters. The molecule has 4 nitrogen and oxygen atoms in total. The Labute approximate surface area is 104 Å². The van der Waals surface area contributed by atoms with Gasteiger partial charge in [0.25, 0.3) is 0 Å². The van der Waals surface area contributed by atoms with Gasteiger partial charge in [-0.2, -0.15) is 0 Å². The largest absolute Gasteiger partial charge is 0.310 e. The monoisotopic (exact) mass is 248 g/mol. The molecule has 2 heterocycles. The quantitative estimate of drug-likeness (QED) is 0.843. The fraction of sp³-hybridized carbons (Fsp3) is 0.333. The summed E-state index contributed by atoms with van der Waals surface area (Å²) in [5.74, 6) is 1.63. The van der Waals surface area contributed by atoms with Crippen LogP contribution in [-0.4, -0.2) is 14.8 Å². The number of hydrogen-bond donors (Lipinski definition) is 1. The van der Waals surface area contributed by atoms with Gasteiger partial charge < -0.3 is 5.73 Å². The SMILES string of the molecule is NC1CCCc2nc(-c3ccccc3Cl)nn21. The minimum atomic E-state index is -0.0533. The van der Waals surface area contributed by atoms with Crippen LogP contribution >= 0.6 is 11.6 Å². The third-order valence-electron chi connectivity index (χ3n) is 3.03. The maximum absolute atomic E-state index is 6.14. The Balaban J connectivity index is 2.08. The molecule has 1 aliphatic rings. The zero-order valence-corrected chi connectivity index (χ0v) is 10.1. The normalized spacial score (nSPS) is 19.1. The first-order valence-electron chi connectivity index (χ1n) is 5.71. The van der Waals surface area contributed by atoms with E-state index in [9.17, 15) is 0 Å². The molecule has 0 saturated carbocycles. The predicted molar refractivity (Wildman–Crippen MR) is 66.6 cm³/mol. The number of hydrogen-bond acceptors (Lipinski definition) is 3. The van der Waals surface area contributed by atoms with E-state index >= 15 is 0 Å². The number of benzene rings is 1. The summed E-state index contributed by atoms with van der Waals surface area (Å²) in [6.45, 7) is 0. The zero-order valence-electron chi connectivity index (χ0n) is 9.31. The number of nitrogens with zero attached hydrogens (tertiary/aromatic N) is 3. The Kier molecular flexibility index (Phi) is 2.61. The van der Waals surface area contributed by atoms with Gasteiger partial charge in [0.2, 0.25) is 0 Å². The third kappa shape index (κ3) is 1.83. The highest BCUT2D eigenvalue weighted by molar-refractivity contribution is 6.33. The Bertz CT molecular complexity index is 549. The molecule has 0 fully saturated rings. The predicted octanol–water partition coefficient (Wildman–Crippen LogP) is 2.39. The molecule has 0 saturated heterocycles. The van der Waals surface area contributed by atoms with Crippen molar-refractivity contribution in [2.45, 2.75) is 25.4 Å². The second-order valence-corrected chi connectivity index (χ2v) is 4.64. The molecule has 1 aliphatic heterocycles. The van der Waals surface area contributed by atoms with E-state index in [0.717, 1.165) is 30.7 Å². The van der Waals surface area contributed by atoms with Crippen molar-refractivity contribution in [1.82, 2.24) is 14.8 Å². The number of fused-ring (bicyclic) bond motifs is 1. The fourth-order valence-electron chi connectivity index (χ4n) is 2.14. The summed E-state index contributed by atoms with van der Waals surface area (Å²) in [4.78, 5) is 4.52. The van der Waals surface area contributed by atoms with E-state index in [1.807, 2.05) is 28.9 Å². The zero-order chi connectivity index (χ0) is 11.8. The molecule has 0 spiro atoms. The number of halogens is 1. The van der Waals surface area contributed by atoms with Gasteiger partial charge >= 0.3 is 0 Å². The molecule has 3 rings (SSSR count). The minimum absolute atomic E-state index is 0.0533. The van der Waals surface area contributed by atoms with Gasteiger partial charge in [0.1, 0.15) is 12.0 Å². The van der Waals surface area contributed by atoms with Crippen LogP contribution in [0.15, 0.2) is 24.3 Å². The Morgan fingerprint density at radius 1 is 1.35 bits per heavy atom. The smallest absolute Gasteiger partial charge is 0.182 e. The second kappa shape index (κ2) is 4.13. The summed E-state index contributed by atoms with van der Waals surface area (Å²) < 4.78 is 1.82. The van der Waals surface area contributed by atoms with Crippen LogP contribution in [0.5, 0.6) is 0 Å². The fourth-order valence-corrected chi connectivity index (χ4v) is 2.36. The van der Waals surface area contributed by atoms with Crippen molar-refractivity contribution in [3.8, 4) is 11.4 Å². The molecule has 0 aliphatic carbocycles. The van der Waals surface area contributed by atoms with E-state index in [2.05, 4.69) is 10.1 Å². The van der Waals surface area contributed by atoms with Gasteiger partial charge in [-0.3, -0.25) is 0 Å². The number of aromatic nitrogens is 3. The molecule has 2 aromatic rings. The first kappa shape index (κ1) is 10.7. The van der Waals surface area contributed by atoms with Gasteiger partial charge in [0.05, 0.1) is 5.02 Å². The van der Waals surface area contributed by atoms with E-state index < -0.39 is 0 Å². The lowest BCUT2D eigenvalue weighted by Crippen LogP contribution is -2.25. The van der Waals surface area contributed by atoms with Crippen LogP contribution in [0.1, 0.15) is 24.8 Å². The molecule has 0 bridgehead atoms. The second-order valence-electron chi connectivity index (χ2n) is 4.24. The topological polar surface area (TPSA) is 56.7 Å². The lowest BCUT2D eigenvalue weighted by Gasteiger charge is -2.18. The van der Waals surface area contributed by atoms with Crippen LogP contribution < -0.4 is 5.73 Å². The van der Waals surface area contributed by atoms with Crippen molar-refractivity contribution in [3.05, 3.63) is 35.1 Å². The highest BCUT2D eigenvalue weighted by Crippen LogP contribution is 2.27. The maximum Gasteiger partial charge on any atom is 0.182 e. The van der Waals surface area contributed by atoms with Crippen LogP contribution in [0.3, 0.4) is 0 Å². The average molecular weight is 249 g/mol.